The van der Waals surface area contributed by atoms with Gasteiger partial charge >= 0.3 is 0 Å². The number of hydrogen-bond acceptors (Lipinski definition) is 3. The Kier molecular flexibility index (Phi) is 3.09. The lowest BCUT2D eigenvalue weighted by Crippen LogP contribution is -2.47. The maximum atomic E-state index is 12.3. The number of rotatable bonds is 3. The largest absolute Gasteiger partial charge is 0.394 e. The summed E-state index contributed by atoms with van der Waals surface area (Å²) in [5.41, 5.74) is 1.66. The lowest BCUT2D eigenvalue weighted by atomic mass is 10.0. The van der Waals surface area contributed by atoms with Crippen LogP contribution in [0.15, 0.2) is 24.5 Å². The summed E-state index contributed by atoms with van der Waals surface area (Å²) in [5.74, 6) is -0.120. The molecule has 1 amide bonds. The van der Waals surface area contributed by atoms with Gasteiger partial charge in [-0.2, -0.15) is 0 Å². The van der Waals surface area contributed by atoms with E-state index in [0.717, 1.165) is 11.0 Å². The molecule has 18 heavy (non-hydrogen) atoms. The number of nitrogens with one attached hydrogen (secondary N) is 1. The number of carbonyl (C=O) groups excluding carboxylic acids is 1. The van der Waals surface area contributed by atoms with Crippen LogP contribution in [-0.2, 0) is 0 Å². The first kappa shape index (κ1) is 12.6. The minimum absolute atomic E-state index is 0.0818. The fraction of sp³-hybridized carbons (Fsp3) is 0.385. The SMILES string of the molecule is CN(C(=O)c1ccc2nc[nH]c2c1)C(C)(C)CO. The molecule has 96 valence electrons. The molecule has 0 bridgehead atoms. The van der Waals surface area contributed by atoms with Crippen molar-refractivity contribution in [2.24, 2.45) is 0 Å². The van der Waals surface area contributed by atoms with Gasteiger partial charge in [0, 0.05) is 12.6 Å². The van der Waals surface area contributed by atoms with E-state index in [0.29, 0.717) is 5.56 Å². The van der Waals surface area contributed by atoms with Gasteiger partial charge < -0.3 is 15.0 Å². The van der Waals surface area contributed by atoms with E-state index in [1.165, 1.54) is 0 Å². The minimum Gasteiger partial charge on any atom is -0.394 e. The van der Waals surface area contributed by atoms with Crippen molar-refractivity contribution >= 4 is 16.9 Å². The Bertz CT molecular complexity index is 574. The summed E-state index contributed by atoms with van der Waals surface area (Å²) in [6, 6.07) is 5.32. The quantitative estimate of drug-likeness (QED) is 0.861. The first-order valence-corrected chi connectivity index (χ1v) is 5.78. The molecule has 5 heteroatoms. The molecule has 0 radical (unpaired) electrons. The van der Waals surface area contributed by atoms with Gasteiger partial charge in [-0.15, -0.1) is 0 Å². The third-order valence-corrected chi connectivity index (χ3v) is 3.27. The fourth-order valence-corrected chi connectivity index (χ4v) is 1.64. The van der Waals surface area contributed by atoms with Gasteiger partial charge in [0.2, 0.25) is 0 Å². The normalized spacial score (nSPS) is 11.8. The maximum absolute atomic E-state index is 12.3. The standard InChI is InChI=1S/C13H17N3O2/c1-13(2,7-17)16(3)12(18)9-4-5-10-11(6-9)15-8-14-10/h4-6,8,17H,7H2,1-3H3,(H,14,15). The molecule has 2 N–H and O–H groups in total. The van der Waals surface area contributed by atoms with Crippen molar-refractivity contribution < 1.29 is 9.90 Å². The number of aliphatic hydroxyl groups excluding tert-OH is 1. The van der Waals surface area contributed by atoms with Crippen molar-refractivity contribution in [3.8, 4) is 0 Å². The third-order valence-electron chi connectivity index (χ3n) is 3.27. The van der Waals surface area contributed by atoms with Crippen molar-refractivity contribution in [3.05, 3.63) is 30.1 Å². The monoisotopic (exact) mass is 247 g/mol. The van der Waals surface area contributed by atoms with Crippen LogP contribution in [0.1, 0.15) is 24.2 Å². The van der Waals surface area contributed by atoms with Gasteiger partial charge in [0.25, 0.3) is 5.91 Å². The van der Waals surface area contributed by atoms with Crippen LogP contribution in [0.25, 0.3) is 11.0 Å². The van der Waals surface area contributed by atoms with Gasteiger partial charge in [-0.3, -0.25) is 4.79 Å². The third kappa shape index (κ3) is 2.09. The highest BCUT2D eigenvalue weighted by atomic mass is 16.3. The minimum atomic E-state index is -0.583. The second-order valence-electron chi connectivity index (χ2n) is 4.97. The highest BCUT2D eigenvalue weighted by Gasteiger charge is 2.27. The summed E-state index contributed by atoms with van der Waals surface area (Å²) in [4.78, 5) is 20.9. The summed E-state index contributed by atoms with van der Waals surface area (Å²) in [6.07, 6.45) is 1.60. The molecule has 1 aromatic carbocycles. The zero-order valence-corrected chi connectivity index (χ0v) is 10.8. The second-order valence-corrected chi connectivity index (χ2v) is 4.97. The molecule has 0 unspecified atom stereocenters. The van der Waals surface area contributed by atoms with E-state index in [1.54, 1.807) is 36.5 Å². The summed E-state index contributed by atoms with van der Waals surface area (Å²) in [5, 5.41) is 9.29. The first-order chi connectivity index (χ1) is 8.45. The van der Waals surface area contributed by atoms with Crippen LogP contribution >= 0.6 is 0 Å². The van der Waals surface area contributed by atoms with E-state index in [9.17, 15) is 9.90 Å². The summed E-state index contributed by atoms with van der Waals surface area (Å²) < 4.78 is 0. The van der Waals surface area contributed by atoms with Crippen molar-refractivity contribution in [2.75, 3.05) is 13.7 Å². The number of amides is 1. The lowest BCUT2D eigenvalue weighted by Gasteiger charge is -2.34. The van der Waals surface area contributed by atoms with Crippen LogP contribution in [0.3, 0.4) is 0 Å². The highest BCUT2D eigenvalue weighted by Crippen LogP contribution is 2.18. The summed E-state index contributed by atoms with van der Waals surface area (Å²) >= 11 is 0. The molecule has 0 fully saturated rings. The van der Waals surface area contributed by atoms with Crippen LogP contribution in [0, 0.1) is 0 Å². The molecule has 5 nitrogen and oxygen atoms in total. The molecule has 0 atom stereocenters. The van der Waals surface area contributed by atoms with Crippen molar-refractivity contribution in [1.82, 2.24) is 14.9 Å². The van der Waals surface area contributed by atoms with Gasteiger partial charge in [0.1, 0.15) is 0 Å². The molecule has 0 aliphatic heterocycles. The zero-order valence-electron chi connectivity index (χ0n) is 10.8. The number of nitrogens with zero attached hydrogens (tertiary/aromatic N) is 2. The van der Waals surface area contributed by atoms with Crippen LogP contribution in [0.2, 0.25) is 0 Å². The van der Waals surface area contributed by atoms with Crippen molar-refractivity contribution in [2.45, 2.75) is 19.4 Å². The average molecular weight is 247 g/mol. The number of imidazole rings is 1. The second kappa shape index (κ2) is 4.42. The number of benzene rings is 1. The summed E-state index contributed by atoms with van der Waals surface area (Å²) in [6.45, 7) is 3.56. The van der Waals surface area contributed by atoms with E-state index in [-0.39, 0.29) is 12.5 Å². The Morgan fingerprint density at radius 1 is 1.50 bits per heavy atom. The molecule has 1 aromatic heterocycles. The van der Waals surface area contributed by atoms with Crippen LogP contribution in [0.5, 0.6) is 0 Å². The van der Waals surface area contributed by atoms with Crippen LogP contribution in [0.4, 0.5) is 0 Å². The average Bonchev–Trinajstić information content (AvgIpc) is 2.84. The van der Waals surface area contributed by atoms with E-state index < -0.39 is 5.54 Å². The first-order valence-electron chi connectivity index (χ1n) is 5.78. The van der Waals surface area contributed by atoms with Crippen molar-refractivity contribution in [3.63, 3.8) is 0 Å². The fourth-order valence-electron chi connectivity index (χ4n) is 1.64. The Labute approximate surface area is 105 Å². The molecular formula is C13H17N3O2. The van der Waals surface area contributed by atoms with Gasteiger partial charge in [0.15, 0.2) is 0 Å². The van der Waals surface area contributed by atoms with Gasteiger partial charge in [0.05, 0.1) is 29.5 Å². The Morgan fingerprint density at radius 3 is 2.89 bits per heavy atom. The molecule has 0 aliphatic carbocycles. The van der Waals surface area contributed by atoms with E-state index in [4.69, 9.17) is 0 Å². The molecule has 2 rings (SSSR count). The Balaban J connectivity index is 2.33. The lowest BCUT2D eigenvalue weighted by molar-refractivity contribution is 0.0473. The number of aliphatic hydroxyl groups is 1. The smallest absolute Gasteiger partial charge is 0.254 e. The number of aromatic amines is 1. The topological polar surface area (TPSA) is 69.2 Å². The number of likely N-dealkylation sites (N-methyl/N-ethyl adjacent to an activating group) is 1. The number of fused-ring (bicyclic) bond motifs is 1. The van der Waals surface area contributed by atoms with E-state index in [2.05, 4.69) is 9.97 Å². The van der Waals surface area contributed by atoms with E-state index in [1.807, 2.05) is 13.8 Å². The molecule has 2 aromatic rings. The predicted molar refractivity (Wildman–Crippen MR) is 69.4 cm³/mol. The number of hydrogen-bond donors (Lipinski definition) is 2. The zero-order chi connectivity index (χ0) is 13.3. The van der Waals surface area contributed by atoms with Crippen LogP contribution < -0.4 is 0 Å². The maximum Gasteiger partial charge on any atom is 0.254 e. The number of carbonyl (C=O) groups is 1. The predicted octanol–water partition coefficient (Wildman–Crippen LogP) is 1.41. The molecular weight excluding hydrogens is 230 g/mol. The molecule has 0 saturated heterocycles. The van der Waals surface area contributed by atoms with Gasteiger partial charge in [-0.05, 0) is 32.0 Å². The molecule has 1 heterocycles. The molecule has 0 saturated carbocycles. The molecule has 0 aliphatic rings. The Morgan fingerprint density at radius 2 is 2.22 bits per heavy atom. The Hall–Kier alpha value is -1.88. The molecule has 0 spiro atoms. The van der Waals surface area contributed by atoms with Gasteiger partial charge in [-0.1, -0.05) is 0 Å². The van der Waals surface area contributed by atoms with Gasteiger partial charge in [-0.25, -0.2) is 4.98 Å². The summed E-state index contributed by atoms with van der Waals surface area (Å²) in [7, 11) is 1.69. The van der Waals surface area contributed by atoms with E-state index >= 15 is 0 Å². The number of aromatic nitrogens is 2. The highest BCUT2D eigenvalue weighted by molar-refractivity contribution is 5.97. The van der Waals surface area contributed by atoms with Crippen molar-refractivity contribution in [1.29, 1.82) is 0 Å². The number of H-pyrrole nitrogens is 1. The van der Waals surface area contributed by atoms with Crippen LogP contribution in [-0.4, -0.2) is 45.1 Å².